The van der Waals surface area contributed by atoms with Crippen LogP contribution in [-0.4, -0.2) is 11.6 Å². The van der Waals surface area contributed by atoms with E-state index in [1.54, 1.807) is 12.1 Å². The molecule has 0 bridgehead atoms. The van der Waals surface area contributed by atoms with Crippen molar-refractivity contribution in [1.29, 1.82) is 0 Å². The highest BCUT2D eigenvalue weighted by atomic mass is 35.5. The molecular formula is C16H15ClF3N3O. The topological polar surface area (TPSA) is 60.2 Å². The number of hydrogen-bond acceptors (Lipinski definition) is 4. The van der Waals surface area contributed by atoms with Crippen LogP contribution in [0.3, 0.4) is 0 Å². The minimum Gasteiger partial charge on any atom is -0.492 e. The van der Waals surface area contributed by atoms with Crippen LogP contribution < -0.4 is 16.0 Å². The SMILES string of the molecule is NNc1nccc(OCC2(c3ccc(Cl)cc3)CC2)c1C(F)(F)F. The number of nitrogen functional groups attached to an aromatic ring is 1. The molecule has 0 radical (unpaired) electrons. The van der Waals surface area contributed by atoms with Gasteiger partial charge in [-0.2, -0.15) is 13.2 Å². The molecule has 0 aliphatic heterocycles. The quantitative estimate of drug-likeness (QED) is 0.623. The Labute approximate surface area is 141 Å². The molecule has 1 aromatic heterocycles. The van der Waals surface area contributed by atoms with Crippen LogP contribution in [0, 0.1) is 0 Å². The fraction of sp³-hybridized carbons (Fsp3) is 0.312. The molecule has 8 heteroatoms. The number of alkyl halides is 3. The summed E-state index contributed by atoms with van der Waals surface area (Å²) in [4.78, 5) is 3.60. The highest BCUT2D eigenvalue weighted by molar-refractivity contribution is 6.30. The lowest BCUT2D eigenvalue weighted by atomic mass is 9.97. The molecule has 2 aromatic rings. The van der Waals surface area contributed by atoms with Crippen molar-refractivity contribution in [3.05, 3.63) is 52.7 Å². The first-order chi connectivity index (χ1) is 11.4. The molecule has 1 fully saturated rings. The highest BCUT2D eigenvalue weighted by Gasteiger charge is 2.46. The molecule has 128 valence electrons. The lowest BCUT2D eigenvalue weighted by Gasteiger charge is -2.20. The Balaban J connectivity index is 1.84. The summed E-state index contributed by atoms with van der Waals surface area (Å²) in [6, 6.07) is 8.48. The summed E-state index contributed by atoms with van der Waals surface area (Å²) in [5, 5.41) is 0.614. The molecule has 0 atom stereocenters. The van der Waals surface area contributed by atoms with Crippen LogP contribution in [0.5, 0.6) is 5.75 Å². The third-order valence-electron chi connectivity index (χ3n) is 4.15. The molecule has 0 amide bonds. The van der Waals surface area contributed by atoms with Gasteiger partial charge in [0, 0.05) is 16.6 Å². The normalized spacial score (nSPS) is 15.9. The van der Waals surface area contributed by atoms with Crippen molar-refractivity contribution in [2.75, 3.05) is 12.0 Å². The predicted molar refractivity (Wildman–Crippen MR) is 84.9 cm³/mol. The summed E-state index contributed by atoms with van der Waals surface area (Å²) < 4.78 is 45.3. The minimum atomic E-state index is -4.62. The second kappa shape index (κ2) is 6.14. The molecule has 1 heterocycles. The summed E-state index contributed by atoms with van der Waals surface area (Å²) in [5.74, 6) is 4.39. The van der Waals surface area contributed by atoms with Gasteiger partial charge < -0.3 is 10.2 Å². The fourth-order valence-electron chi connectivity index (χ4n) is 2.63. The number of hydrazine groups is 1. The van der Waals surface area contributed by atoms with E-state index in [0.717, 1.165) is 18.4 Å². The lowest BCUT2D eigenvalue weighted by Crippen LogP contribution is -2.21. The molecule has 3 rings (SSSR count). The zero-order valence-electron chi connectivity index (χ0n) is 12.5. The Kier molecular flexibility index (Phi) is 4.31. The van der Waals surface area contributed by atoms with Gasteiger partial charge in [-0.1, -0.05) is 23.7 Å². The fourth-order valence-corrected chi connectivity index (χ4v) is 2.76. The van der Waals surface area contributed by atoms with E-state index in [0.29, 0.717) is 5.02 Å². The number of pyridine rings is 1. The monoisotopic (exact) mass is 357 g/mol. The molecular weight excluding hydrogens is 343 g/mol. The molecule has 0 unspecified atom stereocenters. The Bertz CT molecular complexity index is 730. The van der Waals surface area contributed by atoms with Crippen molar-refractivity contribution in [2.24, 2.45) is 5.84 Å². The molecule has 1 aliphatic rings. The van der Waals surface area contributed by atoms with Gasteiger partial charge in [0.05, 0.1) is 6.61 Å². The van der Waals surface area contributed by atoms with Crippen LogP contribution in [0.4, 0.5) is 19.0 Å². The van der Waals surface area contributed by atoms with Crippen LogP contribution >= 0.6 is 11.6 Å². The number of nitrogens with zero attached hydrogens (tertiary/aromatic N) is 1. The first kappa shape index (κ1) is 16.9. The zero-order valence-corrected chi connectivity index (χ0v) is 13.3. The second-order valence-electron chi connectivity index (χ2n) is 5.75. The van der Waals surface area contributed by atoms with Crippen molar-refractivity contribution >= 4 is 17.4 Å². The number of hydrogen-bond donors (Lipinski definition) is 2. The molecule has 1 aliphatic carbocycles. The number of benzene rings is 1. The first-order valence-corrected chi connectivity index (χ1v) is 7.65. The Morgan fingerprint density at radius 1 is 1.21 bits per heavy atom. The van der Waals surface area contributed by atoms with Crippen molar-refractivity contribution in [1.82, 2.24) is 4.98 Å². The third-order valence-corrected chi connectivity index (χ3v) is 4.40. The summed E-state index contributed by atoms with van der Waals surface area (Å²) in [6.45, 7) is 0.145. The van der Waals surface area contributed by atoms with E-state index in [1.165, 1.54) is 12.3 Å². The molecule has 1 saturated carbocycles. The number of nitrogens with two attached hydrogens (primary N) is 1. The predicted octanol–water partition coefficient (Wildman–Crippen LogP) is 4.15. The van der Waals surface area contributed by atoms with Gasteiger partial charge in [-0.05, 0) is 36.6 Å². The van der Waals surface area contributed by atoms with E-state index in [9.17, 15) is 13.2 Å². The van der Waals surface area contributed by atoms with Crippen LogP contribution in [0.25, 0.3) is 0 Å². The lowest BCUT2D eigenvalue weighted by molar-refractivity contribution is -0.138. The van der Waals surface area contributed by atoms with Crippen molar-refractivity contribution in [3.8, 4) is 5.75 Å². The van der Waals surface area contributed by atoms with Gasteiger partial charge in [-0.15, -0.1) is 0 Å². The Morgan fingerprint density at radius 3 is 2.42 bits per heavy atom. The van der Waals surface area contributed by atoms with Crippen LogP contribution in [0.15, 0.2) is 36.5 Å². The largest absolute Gasteiger partial charge is 0.492 e. The summed E-state index contributed by atoms with van der Waals surface area (Å²) in [7, 11) is 0. The number of ether oxygens (including phenoxy) is 1. The van der Waals surface area contributed by atoms with Gasteiger partial charge in [0.1, 0.15) is 11.3 Å². The van der Waals surface area contributed by atoms with Crippen LogP contribution in [0.2, 0.25) is 5.02 Å². The summed E-state index contributed by atoms with van der Waals surface area (Å²) >= 11 is 5.88. The molecule has 24 heavy (non-hydrogen) atoms. The van der Waals surface area contributed by atoms with E-state index in [4.69, 9.17) is 22.2 Å². The van der Waals surface area contributed by atoms with E-state index >= 15 is 0 Å². The first-order valence-electron chi connectivity index (χ1n) is 7.27. The Morgan fingerprint density at radius 2 is 1.88 bits per heavy atom. The maximum atomic E-state index is 13.3. The van der Waals surface area contributed by atoms with Crippen LogP contribution in [-0.2, 0) is 11.6 Å². The van der Waals surface area contributed by atoms with Gasteiger partial charge in [-0.3, -0.25) is 0 Å². The van der Waals surface area contributed by atoms with Crippen LogP contribution in [0.1, 0.15) is 24.0 Å². The smallest absolute Gasteiger partial charge is 0.423 e. The average molecular weight is 358 g/mol. The van der Waals surface area contributed by atoms with Crippen molar-refractivity contribution < 1.29 is 17.9 Å². The van der Waals surface area contributed by atoms with E-state index < -0.39 is 17.6 Å². The van der Waals surface area contributed by atoms with E-state index in [1.807, 2.05) is 17.6 Å². The molecule has 3 N–H and O–H groups in total. The maximum absolute atomic E-state index is 13.3. The van der Waals surface area contributed by atoms with E-state index in [2.05, 4.69) is 4.98 Å². The summed E-state index contributed by atoms with van der Waals surface area (Å²) in [5.41, 5.74) is 1.70. The number of aromatic nitrogens is 1. The number of halogens is 4. The van der Waals surface area contributed by atoms with Gasteiger partial charge in [0.15, 0.2) is 5.82 Å². The Hall–Kier alpha value is -1.99. The minimum absolute atomic E-state index is 0.145. The standard InChI is InChI=1S/C16H15ClF3N3O/c17-11-3-1-10(2-4-11)15(6-7-15)9-24-12-5-8-22-14(23-21)13(12)16(18,19)20/h1-5,8H,6-7,9,21H2,(H,22,23). The zero-order chi connectivity index (χ0) is 17.4. The molecule has 1 aromatic carbocycles. The number of anilines is 1. The van der Waals surface area contributed by atoms with Gasteiger partial charge in [0.25, 0.3) is 0 Å². The van der Waals surface area contributed by atoms with Crippen molar-refractivity contribution in [2.45, 2.75) is 24.4 Å². The van der Waals surface area contributed by atoms with E-state index in [-0.39, 0.29) is 17.8 Å². The van der Waals surface area contributed by atoms with Gasteiger partial charge in [0.2, 0.25) is 0 Å². The highest BCUT2D eigenvalue weighted by Crippen LogP contribution is 2.49. The third kappa shape index (κ3) is 3.27. The average Bonchev–Trinajstić information content (AvgIpc) is 3.33. The maximum Gasteiger partial charge on any atom is 0.423 e. The van der Waals surface area contributed by atoms with Crippen molar-refractivity contribution in [3.63, 3.8) is 0 Å². The number of rotatable bonds is 5. The number of nitrogens with one attached hydrogen (secondary N) is 1. The molecule has 0 spiro atoms. The molecule has 4 nitrogen and oxygen atoms in total. The van der Waals surface area contributed by atoms with Gasteiger partial charge in [-0.25, -0.2) is 10.8 Å². The second-order valence-corrected chi connectivity index (χ2v) is 6.19. The molecule has 0 saturated heterocycles. The van der Waals surface area contributed by atoms with Gasteiger partial charge >= 0.3 is 6.18 Å². The summed E-state index contributed by atoms with van der Waals surface area (Å²) in [6.07, 6.45) is -1.70.